The van der Waals surface area contributed by atoms with Crippen molar-refractivity contribution in [1.29, 1.82) is 0 Å². The van der Waals surface area contributed by atoms with Crippen LogP contribution in [0.3, 0.4) is 0 Å². The summed E-state index contributed by atoms with van der Waals surface area (Å²) in [6.45, 7) is 8.45. The van der Waals surface area contributed by atoms with Gasteiger partial charge in [0.1, 0.15) is 42.3 Å². The monoisotopic (exact) mass is 945 g/mol. The van der Waals surface area contributed by atoms with E-state index in [0.29, 0.717) is 123 Å². The normalized spacial score (nSPS) is 32.0. The highest BCUT2D eigenvalue weighted by molar-refractivity contribution is 5.99. The van der Waals surface area contributed by atoms with E-state index in [1.54, 1.807) is 45.3 Å². The van der Waals surface area contributed by atoms with Gasteiger partial charge in [0.05, 0.1) is 18.8 Å². The molecule has 8 heterocycles. The fourth-order valence-corrected chi connectivity index (χ4v) is 13.5. The Hall–Kier alpha value is -4.87. The topological polar surface area (TPSA) is 189 Å². The first-order chi connectivity index (χ1) is 32.9. The first-order valence-corrected chi connectivity index (χ1v) is 26.1. The SMILES string of the molecule is C=CCO[C@@H]1C[C@@H](C(=O)N2CCC[C@H]2C(=O)N2CCC[C@H]2C(=O)N2CCC[C@H]2C(=O)N2CCC[C@H]2C(=O)N2CCC[C@H]2C(C)=O)N(C(=O)[C@@H]2CCCN2C(=O)[C@@H]2CCCN2C(=O)C2CCCC2)C1. The van der Waals surface area contributed by atoms with E-state index in [1.165, 1.54) is 6.92 Å². The van der Waals surface area contributed by atoms with Gasteiger partial charge in [-0.3, -0.25) is 43.2 Å². The molecule has 18 heteroatoms. The largest absolute Gasteiger partial charge is 0.372 e. The van der Waals surface area contributed by atoms with E-state index in [9.17, 15) is 43.2 Å². The average Bonchev–Trinajstić information content (AvgIpc) is 4.20. The number of carbonyl (C=O) groups is 9. The second-order valence-corrected chi connectivity index (χ2v) is 20.9. The lowest BCUT2D eigenvalue weighted by molar-refractivity contribution is -0.155. The molecular weight excluding hydrogens is 873 g/mol. The van der Waals surface area contributed by atoms with E-state index in [1.807, 2.05) is 0 Å². The maximum Gasteiger partial charge on any atom is 0.246 e. The molecule has 0 N–H and O–H groups in total. The van der Waals surface area contributed by atoms with Gasteiger partial charge in [0.2, 0.25) is 47.3 Å². The maximum atomic E-state index is 14.9. The minimum Gasteiger partial charge on any atom is -0.372 e. The van der Waals surface area contributed by atoms with Gasteiger partial charge in [-0.2, -0.15) is 0 Å². The molecular formula is C50H72N8O10. The summed E-state index contributed by atoms with van der Waals surface area (Å²) < 4.78 is 6.06. The minimum atomic E-state index is -0.928. The Labute approximate surface area is 400 Å². The third kappa shape index (κ3) is 9.07. The van der Waals surface area contributed by atoms with Crippen molar-refractivity contribution in [3.05, 3.63) is 12.7 Å². The van der Waals surface area contributed by atoms with Crippen LogP contribution in [0.15, 0.2) is 12.7 Å². The number of nitrogens with zero attached hydrogens (tertiary/aromatic N) is 8. The van der Waals surface area contributed by atoms with E-state index in [4.69, 9.17) is 4.74 Å². The Morgan fingerprint density at radius 1 is 0.397 bits per heavy atom. The summed E-state index contributed by atoms with van der Waals surface area (Å²) in [7, 11) is 0. The minimum absolute atomic E-state index is 0.0475. The highest BCUT2D eigenvalue weighted by atomic mass is 16.5. The van der Waals surface area contributed by atoms with E-state index < -0.39 is 54.4 Å². The molecule has 0 radical (unpaired) electrons. The number of hydrogen-bond donors (Lipinski definition) is 0. The van der Waals surface area contributed by atoms with Crippen molar-refractivity contribution >= 4 is 53.0 Å². The summed E-state index contributed by atoms with van der Waals surface area (Å²) in [5, 5.41) is 0. The predicted octanol–water partition coefficient (Wildman–Crippen LogP) is 1.87. The molecule has 372 valence electrons. The van der Waals surface area contributed by atoms with Crippen LogP contribution in [0.1, 0.15) is 129 Å². The van der Waals surface area contributed by atoms with Crippen molar-refractivity contribution in [1.82, 2.24) is 39.2 Å². The molecule has 0 aromatic rings. The Morgan fingerprint density at radius 3 is 1.03 bits per heavy atom. The molecule has 8 amide bonds. The molecule has 9 fully saturated rings. The summed E-state index contributed by atoms with van der Waals surface area (Å²) in [5.74, 6) is -2.02. The van der Waals surface area contributed by atoms with Gasteiger partial charge < -0.3 is 43.9 Å². The van der Waals surface area contributed by atoms with Crippen LogP contribution in [0.2, 0.25) is 0 Å². The second kappa shape index (κ2) is 20.6. The number of rotatable bonds is 12. The van der Waals surface area contributed by atoms with Crippen molar-refractivity contribution < 1.29 is 47.9 Å². The number of ketones is 1. The second-order valence-electron chi connectivity index (χ2n) is 20.9. The molecule has 0 aromatic heterocycles. The molecule has 1 saturated carbocycles. The molecule has 0 aromatic carbocycles. The third-order valence-electron chi connectivity index (χ3n) is 16.9. The van der Waals surface area contributed by atoms with Crippen molar-refractivity contribution in [3.8, 4) is 0 Å². The lowest BCUT2D eigenvalue weighted by Crippen LogP contribution is -2.59. The van der Waals surface area contributed by atoms with Gasteiger partial charge in [0.25, 0.3) is 0 Å². The van der Waals surface area contributed by atoms with E-state index in [0.717, 1.165) is 38.5 Å². The van der Waals surface area contributed by atoms with Crippen molar-refractivity contribution in [2.45, 2.75) is 183 Å². The Morgan fingerprint density at radius 2 is 0.691 bits per heavy atom. The van der Waals surface area contributed by atoms with Crippen LogP contribution in [-0.2, 0) is 47.9 Å². The summed E-state index contributed by atoms with van der Waals surface area (Å²) in [5.41, 5.74) is 0. The molecule has 0 bridgehead atoms. The van der Waals surface area contributed by atoms with Crippen LogP contribution in [0.25, 0.3) is 0 Å². The highest BCUT2D eigenvalue weighted by Gasteiger charge is 2.52. The van der Waals surface area contributed by atoms with Gasteiger partial charge in [-0.05, 0) is 110 Å². The lowest BCUT2D eigenvalue weighted by atomic mass is 10.1. The molecule has 9 rings (SSSR count). The van der Waals surface area contributed by atoms with Crippen molar-refractivity contribution in [2.24, 2.45) is 5.92 Å². The number of ether oxygens (including phenoxy) is 1. The quantitative estimate of drug-likeness (QED) is 0.262. The summed E-state index contributed by atoms with van der Waals surface area (Å²) in [4.78, 5) is 140. The zero-order valence-electron chi connectivity index (χ0n) is 40.0. The molecule has 0 spiro atoms. The number of amides is 8. The fraction of sp³-hybridized carbons (Fsp3) is 0.780. The van der Waals surface area contributed by atoms with E-state index in [2.05, 4.69) is 6.58 Å². The molecule has 68 heavy (non-hydrogen) atoms. The highest BCUT2D eigenvalue weighted by Crippen LogP contribution is 2.36. The smallest absolute Gasteiger partial charge is 0.246 e. The van der Waals surface area contributed by atoms with Crippen LogP contribution in [0.5, 0.6) is 0 Å². The molecule has 8 aliphatic heterocycles. The van der Waals surface area contributed by atoms with Crippen molar-refractivity contribution in [2.75, 3.05) is 59.0 Å². The van der Waals surface area contributed by atoms with Gasteiger partial charge in [-0.1, -0.05) is 18.9 Å². The van der Waals surface area contributed by atoms with Crippen molar-refractivity contribution in [3.63, 3.8) is 0 Å². The van der Waals surface area contributed by atoms with Crippen LogP contribution in [0, 0.1) is 5.92 Å². The molecule has 8 saturated heterocycles. The number of likely N-dealkylation sites (tertiary alicyclic amines) is 8. The standard InChI is InChI=1S/C50H72N8O10/c1-3-29-68-34-30-42(58(31-34)49(66)41-21-12-27-56(41)45(62)36-16-7-23-52(36)43(60)33-13-4-5-14-33)50(67)57-28-11-20-40(57)48(65)55-26-10-19-39(55)47(64)54-25-9-18-38(54)46(63)53-24-8-17-37(53)44(61)51-22-6-15-35(51)32(2)59/h3,33-42H,1,4-31H2,2H3/t34-,35+,36+,37+,38+,39+,40+,41+,42+/m1/s1. The van der Waals surface area contributed by atoms with Crippen LogP contribution < -0.4 is 0 Å². The maximum absolute atomic E-state index is 14.9. The van der Waals surface area contributed by atoms with Gasteiger partial charge in [0.15, 0.2) is 5.78 Å². The summed E-state index contributed by atoms with van der Waals surface area (Å²) in [6, 6.07) is -5.85. The fourth-order valence-electron chi connectivity index (χ4n) is 13.5. The molecule has 0 unspecified atom stereocenters. The lowest BCUT2D eigenvalue weighted by Gasteiger charge is -2.37. The van der Waals surface area contributed by atoms with Crippen LogP contribution in [-0.4, -0.2) is 206 Å². The van der Waals surface area contributed by atoms with Gasteiger partial charge >= 0.3 is 0 Å². The Kier molecular flexibility index (Phi) is 14.6. The van der Waals surface area contributed by atoms with Gasteiger partial charge in [-0.15, -0.1) is 6.58 Å². The molecule has 9 atom stereocenters. The molecule has 18 nitrogen and oxygen atoms in total. The number of Topliss-reactive ketones (excluding diaryl/α,β-unsaturated/α-hetero) is 1. The van der Waals surface area contributed by atoms with Gasteiger partial charge in [0, 0.05) is 64.7 Å². The Bertz CT molecular complexity index is 2030. The average molecular weight is 945 g/mol. The zero-order chi connectivity index (χ0) is 47.8. The first-order valence-electron chi connectivity index (χ1n) is 26.1. The predicted molar refractivity (Wildman–Crippen MR) is 246 cm³/mol. The van der Waals surface area contributed by atoms with E-state index >= 15 is 0 Å². The molecule has 1 aliphatic carbocycles. The summed E-state index contributed by atoms with van der Waals surface area (Å²) in [6.07, 6.45) is 13.0. The van der Waals surface area contributed by atoms with E-state index in [-0.39, 0.29) is 78.5 Å². The van der Waals surface area contributed by atoms with Gasteiger partial charge in [-0.25, -0.2) is 0 Å². The number of carbonyl (C=O) groups excluding carboxylic acids is 9. The number of hydrogen-bond acceptors (Lipinski definition) is 10. The molecule has 9 aliphatic rings. The third-order valence-corrected chi connectivity index (χ3v) is 16.9. The van der Waals surface area contributed by atoms with Crippen LogP contribution in [0.4, 0.5) is 0 Å². The first kappa shape index (κ1) is 48.2. The Balaban J connectivity index is 0.869. The summed E-state index contributed by atoms with van der Waals surface area (Å²) >= 11 is 0. The van der Waals surface area contributed by atoms with Crippen LogP contribution >= 0.6 is 0 Å². The zero-order valence-corrected chi connectivity index (χ0v) is 40.0.